The van der Waals surface area contributed by atoms with E-state index >= 15 is 0 Å². The summed E-state index contributed by atoms with van der Waals surface area (Å²) < 4.78 is 23.2. The van der Waals surface area contributed by atoms with Gasteiger partial charge in [0.05, 0.1) is 15.1 Å². The largest absolute Gasteiger partial charge is 0.270 e. The number of rotatable bonds is 3. The molecule has 2 heterocycles. The number of halogens is 1. The molecule has 6 nitrogen and oxygen atoms in total. The average molecular weight is 361 g/mol. The molecule has 21 heavy (non-hydrogen) atoms. The molecule has 10 heteroatoms. The summed E-state index contributed by atoms with van der Waals surface area (Å²) in [5.74, 6) is 0. The van der Waals surface area contributed by atoms with Crippen LogP contribution < -0.4 is 0 Å². The van der Waals surface area contributed by atoms with E-state index in [0.29, 0.717) is 20.8 Å². The fourth-order valence-electron chi connectivity index (χ4n) is 1.71. The summed E-state index contributed by atoms with van der Waals surface area (Å²) in [5, 5.41) is 13.0. The highest BCUT2D eigenvalue weighted by Crippen LogP contribution is 2.36. The van der Waals surface area contributed by atoms with Crippen LogP contribution in [0.5, 0.6) is 0 Å². The van der Waals surface area contributed by atoms with Crippen molar-refractivity contribution in [2.45, 2.75) is 4.21 Å². The second-order valence-electron chi connectivity index (χ2n) is 4.02. The van der Waals surface area contributed by atoms with Crippen LogP contribution in [0.1, 0.15) is 0 Å². The predicted octanol–water partition coefficient (Wildman–Crippen LogP) is 3.86. The third kappa shape index (κ3) is 2.77. The SMILES string of the molecule is O=[N+]([O-])c1ccc2nc(-c3csc(S(=O)(=O)Cl)c3)sc2c1. The van der Waals surface area contributed by atoms with E-state index in [0.717, 1.165) is 11.3 Å². The van der Waals surface area contributed by atoms with Crippen molar-refractivity contribution in [3.8, 4) is 10.6 Å². The van der Waals surface area contributed by atoms with Gasteiger partial charge in [-0.15, -0.1) is 22.7 Å². The summed E-state index contributed by atoms with van der Waals surface area (Å²) >= 11 is 2.27. The molecule has 3 aromatic rings. The number of aromatic nitrogens is 1. The minimum absolute atomic E-state index is 0.00737. The Hall–Kier alpha value is -1.55. The first-order valence-corrected chi connectivity index (χ1v) is 9.44. The van der Waals surface area contributed by atoms with Crippen molar-refractivity contribution in [3.63, 3.8) is 0 Å². The maximum Gasteiger partial charge on any atom is 0.270 e. The quantitative estimate of drug-likeness (QED) is 0.402. The fourth-order valence-corrected chi connectivity index (χ4v) is 4.72. The summed E-state index contributed by atoms with van der Waals surface area (Å²) in [4.78, 5) is 14.6. The Morgan fingerprint density at radius 1 is 1.29 bits per heavy atom. The van der Waals surface area contributed by atoms with Crippen molar-refractivity contribution >= 4 is 58.3 Å². The number of nitro benzene ring substituents is 1. The van der Waals surface area contributed by atoms with E-state index in [4.69, 9.17) is 10.7 Å². The Labute approximate surface area is 131 Å². The molecule has 0 spiro atoms. The molecule has 0 atom stereocenters. The third-order valence-corrected chi connectivity index (χ3v) is 6.75. The van der Waals surface area contributed by atoms with Crippen molar-refractivity contribution in [2.24, 2.45) is 0 Å². The first-order chi connectivity index (χ1) is 9.84. The normalized spacial score (nSPS) is 11.9. The van der Waals surface area contributed by atoms with Crippen LogP contribution in [0.3, 0.4) is 0 Å². The lowest BCUT2D eigenvalue weighted by Crippen LogP contribution is -1.85. The number of thiophene rings is 1. The van der Waals surface area contributed by atoms with Gasteiger partial charge in [-0.3, -0.25) is 10.1 Å². The van der Waals surface area contributed by atoms with E-state index in [1.807, 2.05) is 0 Å². The van der Waals surface area contributed by atoms with Crippen LogP contribution in [0.4, 0.5) is 5.69 Å². The number of non-ortho nitro benzene ring substituents is 1. The van der Waals surface area contributed by atoms with Gasteiger partial charge < -0.3 is 0 Å². The third-order valence-electron chi connectivity index (χ3n) is 2.65. The number of nitro groups is 1. The summed E-state index contributed by atoms with van der Waals surface area (Å²) in [6, 6.07) is 5.84. The number of thiazole rings is 1. The molecule has 2 aromatic heterocycles. The monoisotopic (exact) mass is 360 g/mol. The smallest absolute Gasteiger partial charge is 0.258 e. The Morgan fingerprint density at radius 2 is 2.05 bits per heavy atom. The van der Waals surface area contributed by atoms with E-state index in [1.54, 1.807) is 11.4 Å². The molecule has 0 fully saturated rings. The highest BCUT2D eigenvalue weighted by molar-refractivity contribution is 8.15. The first kappa shape index (κ1) is 14.4. The van der Waals surface area contributed by atoms with Gasteiger partial charge in [-0.05, 0) is 12.1 Å². The van der Waals surface area contributed by atoms with Gasteiger partial charge in [-0.1, -0.05) is 0 Å². The maximum absolute atomic E-state index is 11.3. The van der Waals surface area contributed by atoms with Gasteiger partial charge in [0, 0.05) is 33.8 Å². The fraction of sp³-hybridized carbons (Fsp3) is 0. The molecule has 3 rings (SSSR count). The van der Waals surface area contributed by atoms with Gasteiger partial charge in [0.15, 0.2) is 0 Å². The lowest BCUT2D eigenvalue weighted by atomic mass is 10.3. The van der Waals surface area contributed by atoms with Crippen molar-refractivity contribution < 1.29 is 13.3 Å². The molecule has 1 aromatic carbocycles. The van der Waals surface area contributed by atoms with Gasteiger partial charge in [-0.25, -0.2) is 13.4 Å². The Morgan fingerprint density at radius 3 is 2.67 bits per heavy atom. The summed E-state index contributed by atoms with van der Waals surface area (Å²) in [6.07, 6.45) is 0. The van der Waals surface area contributed by atoms with Crippen LogP contribution in [-0.2, 0) is 9.05 Å². The first-order valence-electron chi connectivity index (χ1n) is 5.43. The molecule has 0 N–H and O–H groups in total. The molecular formula is C11H5ClN2O4S3. The summed E-state index contributed by atoms with van der Waals surface area (Å²) in [7, 11) is 1.52. The standard InChI is InChI=1S/C11H5ClN2O4S3/c12-21(17,18)10-3-6(5-19-10)11-13-8-2-1-7(14(15)16)4-9(8)20-11/h1-5H. The number of hydrogen-bond acceptors (Lipinski definition) is 7. The molecule has 0 saturated heterocycles. The molecule has 0 unspecified atom stereocenters. The molecule has 0 aliphatic rings. The lowest BCUT2D eigenvalue weighted by molar-refractivity contribution is -0.384. The van der Waals surface area contributed by atoms with E-state index in [1.165, 1.54) is 29.5 Å². The van der Waals surface area contributed by atoms with Crippen molar-refractivity contribution in [3.05, 3.63) is 39.8 Å². The van der Waals surface area contributed by atoms with Crippen molar-refractivity contribution in [1.82, 2.24) is 4.98 Å². The average Bonchev–Trinajstić information content (AvgIpc) is 3.03. The highest BCUT2D eigenvalue weighted by atomic mass is 35.7. The Kier molecular flexibility index (Phi) is 3.44. The zero-order valence-electron chi connectivity index (χ0n) is 10.0. The van der Waals surface area contributed by atoms with Gasteiger partial charge in [0.2, 0.25) is 0 Å². The minimum Gasteiger partial charge on any atom is -0.258 e. The number of nitrogens with zero attached hydrogens (tertiary/aromatic N) is 2. The van der Waals surface area contributed by atoms with Crippen LogP contribution in [0.15, 0.2) is 33.9 Å². The van der Waals surface area contributed by atoms with Crippen LogP contribution in [0, 0.1) is 10.1 Å². The van der Waals surface area contributed by atoms with Gasteiger partial charge in [0.1, 0.15) is 9.22 Å². The lowest BCUT2D eigenvalue weighted by Gasteiger charge is -1.88. The van der Waals surface area contributed by atoms with Crippen LogP contribution >= 0.6 is 33.4 Å². The Balaban J connectivity index is 2.09. The predicted molar refractivity (Wildman–Crippen MR) is 82.6 cm³/mol. The second kappa shape index (κ2) is 5.02. The van der Waals surface area contributed by atoms with Crippen LogP contribution in [0.25, 0.3) is 20.8 Å². The number of hydrogen-bond donors (Lipinski definition) is 0. The Bertz CT molecular complexity index is 961. The molecule has 0 saturated carbocycles. The number of fused-ring (bicyclic) bond motifs is 1. The van der Waals surface area contributed by atoms with Gasteiger partial charge >= 0.3 is 0 Å². The van der Waals surface area contributed by atoms with E-state index in [2.05, 4.69) is 4.98 Å². The molecule has 0 aliphatic carbocycles. The molecular weight excluding hydrogens is 356 g/mol. The molecule has 0 bridgehead atoms. The maximum atomic E-state index is 11.3. The van der Waals surface area contributed by atoms with E-state index in [9.17, 15) is 18.5 Å². The number of benzene rings is 1. The molecule has 0 radical (unpaired) electrons. The van der Waals surface area contributed by atoms with E-state index < -0.39 is 14.0 Å². The molecule has 0 aliphatic heterocycles. The second-order valence-corrected chi connectivity index (χ2v) is 8.76. The highest BCUT2D eigenvalue weighted by Gasteiger charge is 2.16. The van der Waals surface area contributed by atoms with Crippen molar-refractivity contribution in [2.75, 3.05) is 0 Å². The zero-order chi connectivity index (χ0) is 15.2. The zero-order valence-corrected chi connectivity index (χ0v) is 13.2. The van der Waals surface area contributed by atoms with Crippen LogP contribution in [0.2, 0.25) is 0 Å². The topological polar surface area (TPSA) is 90.2 Å². The molecule has 108 valence electrons. The van der Waals surface area contributed by atoms with Crippen LogP contribution in [-0.4, -0.2) is 18.3 Å². The summed E-state index contributed by atoms with van der Waals surface area (Å²) in [5.41, 5.74) is 1.25. The van der Waals surface area contributed by atoms with Crippen molar-refractivity contribution in [1.29, 1.82) is 0 Å². The van der Waals surface area contributed by atoms with Gasteiger partial charge in [0.25, 0.3) is 14.7 Å². The van der Waals surface area contributed by atoms with E-state index in [-0.39, 0.29) is 9.90 Å². The molecule has 0 amide bonds. The minimum atomic E-state index is -3.76. The summed E-state index contributed by atoms with van der Waals surface area (Å²) in [6.45, 7) is 0. The van der Waals surface area contributed by atoms with Gasteiger partial charge in [-0.2, -0.15) is 0 Å².